The monoisotopic (exact) mass is 983 g/mol. The van der Waals surface area contributed by atoms with Crippen LogP contribution in [0.3, 0.4) is 0 Å². The Hall–Kier alpha value is -4.19. The van der Waals surface area contributed by atoms with E-state index >= 15 is 0 Å². The SMILES string of the molecule is CC/C=C\C/C=C\C/C=C\C/C=C\C/C=C\CCCCCCCCCCCCCCCCCCCC(=O)OCC(COC(=O)CCCCCCC)OC(=O)C/C=C\C/C=C\C/C=C\C/C=C\C/C=C\CC. The normalized spacial score (nSPS) is 13.0. The summed E-state index contributed by atoms with van der Waals surface area (Å²) >= 11 is 0. The van der Waals surface area contributed by atoms with Crippen LogP contribution in [0.2, 0.25) is 0 Å². The van der Waals surface area contributed by atoms with Crippen LogP contribution in [-0.4, -0.2) is 37.2 Å². The smallest absolute Gasteiger partial charge is 0.310 e. The van der Waals surface area contributed by atoms with E-state index in [9.17, 15) is 14.4 Å². The van der Waals surface area contributed by atoms with Crippen molar-refractivity contribution < 1.29 is 28.6 Å². The number of unbranched alkanes of at least 4 members (excludes halogenated alkanes) is 21. The molecule has 0 heterocycles. The molecule has 0 aliphatic carbocycles. The third-order valence-electron chi connectivity index (χ3n) is 12.0. The van der Waals surface area contributed by atoms with E-state index in [1.807, 2.05) is 6.08 Å². The number of allylic oxidation sites excluding steroid dienone is 19. The Bertz CT molecular complexity index is 1500. The van der Waals surface area contributed by atoms with Crippen LogP contribution >= 0.6 is 0 Å². The van der Waals surface area contributed by atoms with Crippen molar-refractivity contribution in [3.05, 3.63) is 122 Å². The second kappa shape index (κ2) is 58.4. The zero-order valence-electron chi connectivity index (χ0n) is 45.9. The topological polar surface area (TPSA) is 78.9 Å². The third-order valence-corrected chi connectivity index (χ3v) is 12.0. The Balaban J connectivity index is 4.03. The molecule has 71 heavy (non-hydrogen) atoms. The summed E-state index contributed by atoms with van der Waals surface area (Å²) in [5.74, 6) is -1.06. The molecular formula is C65H106O6. The van der Waals surface area contributed by atoms with E-state index in [0.29, 0.717) is 12.8 Å². The first-order valence-electron chi connectivity index (χ1n) is 29.0. The largest absolute Gasteiger partial charge is 0.462 e. The lowest BCUT2D eigenvalue weighted by atomic mass is 10.0. The minimum absolute atomic E-state index is 0.0956. The predicted molar refractivity (Wildman–Crippen MR) is 306 cm³/mol. The number of rotatable bonds is 51. The van der Waals surface area contributed by atoms with E-state index in [1.54, 1.807) is 6.08 Å². The molecule has 0 spiro atoms. The summed E-state index contributed by atoms with van der Waals surface area (Å²) in [7, 11) is 0. The van der Waals surface area contributed by atoms with Crippen LogP contribution in [0.5, 0.6) is 0 Å². The van der Waals surface area contributed by atoms with E-state index in [4.69, 9.17) is 14.2 Å². The number of hydrogen-bond donors (Lipinski definition) is 0. The first kappa shape index (κ1) is 66.8. The van der Waals surface area contributed by atoms with Gasteiger partial charge in [-0.15, -0.1) is 0 Å². The first-order chi connectivity index (χ1) is 35.0. The fraction of sp³-hybridized carbons (Fsp3) is 0.646. The molecule has 0 amide bonds. The van der Waals surface area contributed by atoms with Crippen LogP contribution in [0.4, 0.5) is 0 Å². The van der Waals surface area contributed by atoms with Crippen molar-refractivity contribution in [2.24, 2.45) is 0 Å². The second-order valence-electron chi connectivity index (χ2n) is 18.8. The van der Waals surface area contributed by atoms with Gasteiger partial charge in [0.15, 0.2) is 6.10 Å². The second-order valence-corrected chi connectivity index (χ2v) is 18.8. The van der Waals surface area contributed by atoms with Crippen molar-refractivity contribution in [2.45, 2.75) is 258 Å². The molecule has 0 aliphatic heterocycles. The van der Waals surface area contributed by atoms with Gasteiger partial charge < -0.3 is 14.2 Å². The maximum Gasteiger partial charge on any atom is 0.310 e. The van der Waals surface area contributed by atoms with E-state index in [2.05, 4.69) is 130 Å². The summed E-state index contributed by atoms with van der Waals surface area (Å²) in [6.45, 7) is 6.23. The van der Waals surface area contributed by atoms with Crippen LogP contribution in [-0.2, 0) is 28.6 Å². The Morgan fingerprint density at radius 3 is 0.930 bits per heavy atom. The van der Waals surface area contributed by atoms with Crippen LogP contribution in [0.15, 0.2) is 122 Å². The number of carbonyl (C=O) groups is 3. The van der Waals surface area contributed by atoms with Crippen molar-refractivity contribution in [3.8, 4) is 0 Å². The molecule has 6 nitrogen and oxygen atoms in total. The first-order valence-corrected chi connectivity index (χ1v) is 29.0. The Morgan fingerprint density at radius 1 is 0.310 bits per heavy atom. The van der Waals surface area contributed by atoms with Crippen molar-refractivity contribution in [1.82, 2.24) is 0 Å². The van der Waals surface area contributed by atoms with Gasteiger partial charge >= 0.3 is 17.9 Å². The quantitative estimate of drug-likeness (QED) is 0.0261. The van der Waals surface area contributed by atoms with Crippen molar-refractivity contribution in [2.75, 3.05) is 13.2 Å². The van der Waals surface area contributed by atoms with E-state index < -0.39 is 12.1 Å². The summed E-state index contributed by atoms with van der Waals surface area (Å²) in [5.41, 5.74) is 0. The zero-order valence-corrected chi connectivity index (χ0v) is 45.9. The molecule has 0 aromatic heterocycles. The highest BCUT2D eigenvalue weighted by Gasteiger charge is 2.19. The minimum Gasteiger partial charge on any atom is -0.462 e. The third kappa shape index (κ3) is 56.6. The minimum atomic E-state index is -0.829. The van der Waals surface area contributed by atoms with Crippen LogP contribution in [0.25, 0.3) is 0 Å². The van der Waals surface area contributed by atoms with Crippen molar-refractivity contribution in [3.63, 3.8) is 0 Å². The molecule has 0 radical (unpaired) electrons. The number of carbonyl (C=O) groups excluding carboxylic acids is 3. The lowest BCUT2D eigenvalue weighted by molar-refractivity contribution is -0.166. The van der Waals surface area contributed by atoms with E-state index in [-0.39, 0.29) is 31.6 Å². The fourth-order valence-corrected chi connectivity index (χ4v) is 7.72. The summed E-state index contributed by atoms with van der Waals surface area (Å²) in [6, 6.07) is 0. The molecule has 1 unspecified atom stereocenters. The van der Waals surface area contributed by atoms with Gasteiger partial charge in [-0.2, -0.15) is 0 Å². The lowest BCUT2D eigenvalue weighted by Gasteiger charge is -2.18. The van der Waals surface area contributed by atoms with Crippen molar-refractivity contribution >= 4 is 17.9 Å². The zero-order chi connectivity index (χ0) is 51.4. The summed E-state index contributed by atoms with van der Waals surface area (Å²) < 4.78 is 16.6. The Kier molecular flexibility index (Phi) is 54.9. The maximum absolute atomic E-state index is 12.7. The molecule has 0 saturated carbocycles. The highest BCUT2D eigenvalue weighted by molar-refractivity contribution is 5.72. The van der Waals surface area contributed by atoms with Crippen LogP contribution in [0.1, 0.15) is 252 Å². The van der Waals surface area contributed by atoms with Gasteiger partial charge in [-0.3, -0.25) is 14.4 Å². The molecule has 0 aliphatic rings. The molecule has 0 saturated heterocycles. The summed E-state index contributed by atoms with van der Waals surface area (Å²) in [5, 5.41) is 0. The molecule has 0 aromatic carbocycles. The predicted octanol–water partition coefficient (Wildman–Crippen LogP) is 19.6. The maximum atomic E-state index is 12.7. The average Bonchev–Trinajstić information content (AvgIpc) is 3.37. The van der Waals surface area contributed by atoms with E-state index in [1.165, 1.54) is 96.3 Å². The summed E-state index contributed by atoms with van der Waals surface area (Å²) in [6.07, 6.45) is 81.4. The summed E-state index contributed by atoms with van der Waals surface area (Å²) in [4.78, 5) is 37.7. The Morgan fingerprint density at radius 2 is 0.592 bits per heavy atom. The number of esters is 3. The molecule has 6 heteroatoms. The van der Waals surface area contributed by atoms with Crippen LogP contribution < -0.4 is 0 Å². The van der Waals surface area contributed by atoms with Crippen molar-refractivity contribution in [1.29, 1.82) is 0 Å². The highest BCUT2D eigenvalue weighted by Crippen LogP contribution is 2.16. The lowest BCUT2D eigenvalue weighted by Crippen LogP contribution is -2.30. The number of ether oxygens (including phenoxy) is 3. The van der Waals surface area contributed by atoms with Gasteiger partial charge in [-0.25, -0.2) is 0 Å². The van der Waals surface area contributed by atoms with Gasteiger partial charge in [0, 0.05) is 12.8 Å². The van der Waals surface area contributed by atoms with Gasteiger partial charge in [0.25, 0.3) is 0 Å². The van der Waals surface area contributed by atoms with Gasteiger partial charge in [-0.05, 0) is 89.9 Å². The molecule has 1 atom stereocenters. The van der Waals surface area contributed by atoms with E-state index in [0.717, 1.165) is 116 Å². The molecule has 0 N–H and O–H groups in total. The molecule has 0 aromatic rings. The molecule has 0 bridgehead atoms. The fourth-order valence-electron chi connectivity index (χ4n) is 7.72. The van der Waals surface area contributed by atoms with Gasteiger partial charge in [-0.1, -0.05) is 264 Å². The molecule has 402 valence electrons. The standard InChI is InChI=1S/C65H106O6/c1-4-7-10-13-15-17-19-21-23-24-25-26-27-28-29-30-31-32-33-34-35-36-37-38-39-40-42-43-45-47-49-52-55-58-64(67)70-61-62(60-69-63(66)57-54-51-12-9-6-3)71-65(68)59-56-53-50-48-46-44-41-22-20-18-16-14-11-8-5-2/h7-8,10-11,15-18,21-23,25-26,28-29,41,46,48,53,56,62H,4-6,9,12-14,19-20,24,27,30-40,42-45,47,49-52,54-55,57-61H2,1-3H3/b10-7-,11-8-,17-15-,18-16-,23-21-,26-25-,29-28-,41-22-,48-46-,56-53-. The van der Waals surface area contributed by atoms with Gasteiger partial charge in [0.05, 0.1) is 6.42 Å². The van der Waals surface area contributed by atoms with Crippen LogP contribution in [0, 0.1) is 0 Å². The average molecular weight is 984 g/mol. The Labute approximate surface area is 437 Å². The highest BCUT2D eigenvalue weighted by atomic mass is 16.6. The number of hydrogen-bond acceptors (Lipinski definition) is 6. The molecule has 0 rings (SSSR count). The van der Waals surface area contributed by atoms with Gasteiger partial charge in [0.1, 0.15) is 13.2 Å². The molecular weight excluding hydrogens is 877 g/mol. The molecule has 0 fully saturated rings. The van der Waals surface area contributed by atoms with Gasteiger partial charge in [0.2, 0.25) is 0 Å².